The van der Waals surface area contributed by atoms with Crippen molar-refractivity contribution in [2.45, 2.75) is 31.8 Å². The lowest BCUT2D eigenvalue weighted by Gasteiger charge is -2.16. The van der Waals surface area contributed by atoms with Gasteiger partial charge in [0.15, 0.2) is 0 Å². The number of rotatable bonds is 6. The maximum atomic E-state index is 12.6. The molecule has 5 nitrogen and oxygen atoms in total. The van der Waals surface area contributed by atoms with Gasteiger partial charge in [0.1, 0.15) is 6.04 Å². The molecule has 4 rings (SSSR count). The predicted molar refractivity (Wildman–Crippen MR) is 113 cm³/mol. The zero-order valence-electron chi connectivity index (χ0n) is 15.7. The summed E-state index contributed by atoms with van der Waals surface area (Å²) < 4.78 is 0. The van der Waals surface area contributed by atoms with Crippen molar-refractivity contribution in [3.8, 4) is 0 Å². The van der Waals surface area contributed by atoms with Gasteiger partial charge in [0.25, 0.3) is 5.91 Å². The average molecular weight is 373 g/mol. The van der Waals surface area contributed by atoms with Gasteiger partial charge in [0, 0.05) is 23.0 Å². The summed E-state index contributed by atoms with van der Waals surface area (Å²) in [6.45, 7) is 1.80. The van der Waals surface area contributed by atoms with Gasteiger partial charge in [-0.05, 0) is 60.9 Å². The van der Waals surface area contributed by atoms with E-state index in [4.69, 9.17) is 0 Å². The Balaban J connectivity index is 1.40. The van der Waals surface area contributed by atoms with Crippen LogP contribution in [-0.4, -0.2) is 23.9 Å². The van der Waals surface area contributed by atoms with E-state index in [0.29, 0.717) is 11.6 Å². The summed E-state index contributed by atoms with van der Waals surface area (Å²) in [7, 11) is 0. The van der Waals surface area contributed by atoms with E-state index >= 15 is 0 Å². The SMILES string of the molecule is CC(Nc1cccc(C(=O)NC2CC2)c1)C(=O)Nc1ccc2ccccc2c1. The minimum absolute atomic E-state index is 0.0700. The van der Waals surface area contributed by atoms with Crippen LogP contribution in [0.5, 0.6) is 0 Å². The van der Waals surface area contributed by atoms with Crippen LogP contribution >= 0.6 is 0 Å². The van der Waals surface area contributed by atoms with Crippen LogP contribution in [0.1, 0.15) is 30.1 Å². The summed E-state index contributed by atoms with van der Waals surface area (Å²) >= 11 is 0. The highest BCUT2D eigenvalue weighted by Crippen LogP contribution is 2.21. The van der Waals surface area contributed by atoms with Crippen molar-refractivity contribution in [1.29, 1.82) is 0 Å². The minimum Gasteiger partial charge on any atom is -0.374 e. The molecule has 0 spiro atoms. The average Bonchev–Trinajstić information content (AvgIpc) is 3.52. The molecule has 0 aromatic heterocycles. The zero-order chi connectivity index (χ0) is 19.5. The molecule has 3 N–H and O–H groups in total. The summed E-state index contributed by atoms with van der Waals surface area (Å²) in [5.74, 6) is -0.206. The normalized spacial score (nSPS) is 14.3. The number of hydrogen-bond donors (Lipinski definition) is 3. The summed E-state index contributed by atoms with van der Waals surface area (Å²) in [6, 6.07) is 21.0. The number of carbonyl (C=O) groups is 2. The number of hydrogen-bond acceptors (Lipinski definition) is 3. The minimum atomic E-state index is -0.451. The fraction of sp³-hybridized carbons (Fsp3) is 0.217. The summed E-state index contributed by atoms with van der Waals surface area (Å²) in [5.41, 5.74) is 2.10. The lowest BCUT2D eigenvalue weighted by Crippen LogP contribution is -2.32. The molecule has 1 aliphatic rings. The molecule has 0 saturated heterocycles. The lowest BCUT2D eigenvalue weighted by atomic mass is 10.1. The third-order valence-electron chi connectivity index (χ3n) is 4.83. The van der Waals surface area contributed by atoms with Crippen molar-refractivity contribution < 1.29 is 9.59 Å². The monoisotopic (exact) mass is 373 g/mol. The lowest BCUT2D eigenvalue weighted by molar-refractivity contribution is -0.116. The topological polar surface area (TPSA) is 70.2 Å². The molecule has 5 heteroatoms. The Morgan fingerprint density at radius 3 is 2.46 bits per heavy atom. The smallest absolute Gasteiger partial charge is 0.251 e. The van der Waals surface area contributed by atoms with E-state index in [1.807, 2.05) is 54.6 Å². The summed E-state index contributed by atoms with van der Waals surface area (Å²) in [4.78, 5) is 24.8. The molecular formula is C23H23N3O2. The van der Waals surface area contributed by atoms with E-state index in [1.54, 1.807) is 19.1 Å². The third-order valence-corrected chi connectivity index (χ3v) is 4.83. The van der Waals surface area contributed by atoms with E-state index in [2.05, 4.69) is 16.0 Å². The van der Waals surface area contributed by atoms with Gasteiger partial charge in [-0.3, -0.25) is 9.59 Å². The first-order valence-corrected chi connectivity index (χ1v) is 9.55. The Morgan fingerprint density at radius 2 is 1.68 bits per heavy atom. The number of carbonyl (C=O) groups excluding carboxylic acids is 2. The van der Waals surface area contributed by atoms with Gasteiger partial charge < -0.3 is 16.0 Å². The molecule has 0 aliphatic heterocycles. The van der Waals surface area contributed by atoms with Crippen LogP contribution in [0.3, 0.4) is 0 Å². The standard InChI is InChI=1S/C23H23N3O2/c1-15(22(27)26-21-10-9-16-5-2-3-6-17(16)13-21)24-20-8-4-7-18(14-20)23(28)25-19-11-12-19/h2-10,13-15,19,24H,11-12H2,1H3,(H,25,28)(H,26,27). The van der Waals surface area contributed by atoms with Crippen LogP contribution < -0.4 is 16.0 Å². The molecule has 1 aliphatic carbocycles. The van der Waals surface area contributed by atoms with Crippen molar-refractivity contribution in [2.24, 2.45) is 0 Å². The van der Waals surface area contributed by atoms with Crippen LogP contribution in [0, 0.1) is 0 Å². The Hall–Kier alpha value is -3.34. The van der Waals surface area contributed by atoms with E-state index in [9.17, 15) is 9.59 Å². The molecule has 1 atom stereocenters. The molecule has 0 heterocycles. The molecule has 0 bridgehead atoms. The maximum Gasteiger partial charge on any atom is 0.251 e. The van der Waals surface area contributed by atoms with Gasteiger partial charge in [-0.2, -0.15) is 0 Å². The van der Waals surface area contributed by atoms with Crippen molar-refractivity contribution in [1.82, 2.24) is 5.32 Å². The van der Waals surface area contributed by atoms with Crippen molar-refractivity contribution in [3.05, 3.63) is 72.3 Å². The Morgan fingerprint density at radius 1 is 0.893 bits per heavy atom. The van der Waals surface area contributed by atoms with Gasteiger partial charge in [-0.1, -0.05) is 36.4 Å². The molecular weight excluding hydrogens is 350 g/mol. The quantitative estimate of drug-likeness (QED) is 0.607. The largest absolute Gasteiger partial charge is 0.374 e. The van der Waals surface area contributed by atoms with E-state index < -0.39 is 6.04 Å². The summed E-state index contributed by atoms with van der Waals surface area (Å²) in [5, 5.41) is 11.3. The van der Waals surface area contributed by atoms with Gasteiger partial charge in [0.2, 0.25) is 5.91 Å². The molecule has 2 amide bonds. The van der Waals surface area contributed by atoms with Crippen LogP contribution in [-0.2, 0) is 4.79 Å². The second-order valence-electron chi connectivity index (χ2n) is 7.25. The molecule has 142 valence electrons. The maximum absolute atomic E-state index is 12.6. The Bertz CT molecular complexity index is 1030. The Labute approximate surface area is 164 Å². The first-order valence-electron chi connectivity index (χ1n) is 9.55. The molecule has 3 aromatic carbocycles. The first-order chi connectivity index (χ1) is 13.6. The molecule has 0 radical (unpaired) electrons. The second-order valence-corrected chi connectivity index (χ2v) is 7.25. The van der Waals surface area contributed by atoms with Crippen LogP contribution in [0.2, 0.25) is 0 Å². The number of nitrogens with one attached hydrogen (secondary N) is 3. The second kappa shape index (κ2) is 7.72. The molecule has 1 unspecified atom stereocenters. The van der Waals surface area contributed by atoms with Crippen LogP contribution in [0.15, 0.2) is 66.7 Å². The van der Waals surface area contributed by atoms with E-state index in [0.717, 1.165) is 35.0 Å². The Kier molecular flexibility index (Phi) is 4.98. The van der Waals surface area contributed by atoms with Gasteiger partial charge >= 0.3 is 0 Å². The highest BCUT2D eigenvalue weighted by atomic mass is 16.2. The van der Waals surface area contributed by atoms with Crippen molar-refractivity contribution >= 4 is 34.0 Å². The number of benzene rings is 3. The first kappa shape index (κ1) is 18.0. The fourth-order valence-electron chi connectivity index (χ4n) is 3.08. The van der Waals surface area contributed by atoms with Crippen molar-refractivity contribution in [3.63, 3.8) is 0 Å². The number of fused-ring (bicyclic) bond motifs is 1. The van der Waals surface area contributed by atoms with E-state index in [-0.39, 0.29) is 11.8 Å². The van der Waals surface area contributed by atoms with Crippen LogP contribution in [0.25, 0.3) is 10.8 Å². The molecule has 28 heavy (non-hydrogen) atoms. The summed E-state index contributed by atoms with van der Waals surface area (Å²) in [6.07, 6.45) is 2.10. The molecule has 3 aromatic rings. The van der Waals surface area contributed by atoms with Gasteiger partial charge in [-0.25, -0.2) is 0 Å². The van der Waals surface area contributed by atoms with Crippen molar-refractivity contribution in [2.75, 3.05) is 10.6 Å². The van der Waals surface area contributed by atoms with Gasteiger partial charge in [0.05, 0.1) is 0 Å². The van der Waals surface area contributed by atoms with Crippen LogP contribution in [0.4, 0.5) is 11.4 Å². The third kappa shape index (κ3) is 4.31. The number of anilines is 2. The molecule has 1 saturated carbocycles. The van der Waals surface area contributed by atoms with E-state index in [1.165, 1.54) is 0 Å². The number of amides is 2. The zero-order valence-corrected chi connectivity index (χ0v) is 15.7. The highest BCUT2D eigenvalue weighted by Gasteiger charge is 2.24. The molecule has 1 fully saturated rings. The highest BCUT2D eigenvalue weighted by molar-refractivity contribution is 5.99. The fourth-order valence-corrected chi connectivity index (χ4v) is 3.08. The predicted octanol–water partition coefficient (Wildman–Crippen LogP) is 4.17. The van der Waals surface area contributed by atoms with Gasteiger partial charge in [-0.15, -0.1) is 0 Å².